The second-order valence-electron chi connectivity index (χ2n) is 12.5. The molecule has 0 aliphatic heterocycles. The van der Waals surface area contributed by atoms with Crippen LogP contribution in [0.3, 0.4) is 0 Å². The van der Waals surface area contributed by atoms with E-state index in [1.807, 2.05) is 0 Å². The molecule has 24 heteroatoms. The molecule has 302 valence electrons. The zero-order valence-corrected chi connectivity index (χ0v) is 32.6. The molecule has 0 radical (unpaired) electrons. The zero-order valence-electron chi connectivity index (χ0n) is 29.3. The Labute approximate surface area is 328 Å². The van der Waals surface area contributed by atoms with Gasteiger partial charge in [-0.2, -0.15) is 10.2 Å². The number of hydrogen-bond donors (Lipinski definition) is 4. The van der Waals surface area contributed by atoms with Crippen molar-refractivity contribution in [2.75, 3.05) is 11.5 Å². The second-order valence-corrected chi connectivity index (χ2v) is 17.9. The minimum atomic E-state index is -5.38. The standard InChI is InChI=1S/C34H28N6O14S4/c1-15-11-17(3-7-21(15)37-39-23-9-5-19-25(55(43,44)45)13-27(57(49,50)51)31(35)29(19)33(23)41)18-4-8-22(16(2)12-18)38-40-24-10-6-20-26(56(46,47)48)14-28(58(52,53)54)32(36)30(20)34(24)42/h3-14,41-42H,35-36H2,1-2H3,(H,43,44,45)(H,46,47,48)(H,49,50,51)(H,52,53,54)/p-4. The van der Waals surface area contributed by atoms with E-state index in [1.54, 1.807) is 50.2 Å². The minimum Gasteiger partial charge on any atom is -0.744 e. The van der Waals surface area contributed by atoms with Crippen molar-refractivity contribution in [1.29, 1.82) is 0 Å². The van der Waals surface area contributed by atoms with E-state index in [0.717, 1.165) is 24.3 Å². The largest absolute Gasteiger partial charge is 0.744 e. The summed E-state index contributed by atoms with van der Waals surface area (Å²) >= 11 is 0. The lowest BCUT2D eigenvalue weighted by Crippen LogP contribution is -2.08. The van der Waals surface area contributed by atoms with Crippen LogP contribution in [0.4, 0.5) is 34.1 Å². The van der Waals surface area contributed by atoms with Crippen molar-refractivity contribution < 1.29 is 62.1 Å². The molecular formula is C34H24N6O14S4-4. The average molecular weight is 869 g/mol. The summed E-state index contributed by atoms with van der Waals surface area (Å²) < 4.78 is 142. The minimum absolute atomic E-state index is 0.299. The van der Waals surface area contributed by atoms with Gasteiger partial charge in [-0.15, -0.1) is 10.2 Å². The van der Waals surface area contributed by atoms with Gasteiger partial charge < -0.3 is 39.9 Å². The summed E-state index contributed by atoms with van der Waals surface area (Å²) in [4.78, 5) is -4.62. The van der Waals surface area contributed by atoms with Gasteiger partial charge in [-0.25, -0.2) is 33.7 Å². The van der Waals surface area contributed by atoms with E-state index in [1.165, 1.54) is 0 Å². The second kappa shape index (κ2) is 14.4. The Morgan fingerprint density at radius 2 is 0.741 bits per heavy atom. The lowest BCUT2D eigenvalue weighted by molar-refractivity contribution is 0.457. The van der Waals surface area contributed by atoms with E-state index >= 15 is 0 Å². The smallest absolute Gasteiger partial charge is 0.153 e. The number of benzene rings is 6. The first-order valence-electron chi connectivity index (χ1n) is 15.8. The summed E-state index contributed by atoms with van der Waals surface area (Å²) in [5, 5.41) is 35.9. The summed E-state index contributed by atoms with van der Waals surface area (Å²) in [7, 11) is -21.4. The number of hydrogen-bond acceptors (Lipinski definition) is 20. The van der Waals surface area contributed by atoms with E-state index in [-0.39, 0.29) is 11.4 Å². The third kappa shape index (κ3) is 7.77. The number of nitrogen functional groups attached to an aromatic ring is 2. The van der Waals surface area contributed by atoms with Crippen molar-refractivity contribution >= 4 is 96.1 Å². The molecule has 20 nitrogen and oxygen atoms in total. The van der Waals surface area contributed by atoms with Gasteiger partial charge in [-0.3, -0.25) is 0 Å². The lowest BCUT2D eigenvalue weighted by atomic mass is 10.0. The highest BCUT2D eigenvalue weighted by Crippen LogP contribution is 2.45. The van der Waals surface area contributed by atoms with Crippen LogP contribution in [0.5, 0.6) is 11.5 Å². The first-order chi connectivity index (χ1) is 26.8. The van der Waals surface area contributed by atoms with Crippen LogP contribution in [-0.4, -0.2) is 62.1 Å². The van der Waals surface area contributed by atoms with Gasteiger partial charge in [0.15, 0.2) is 11.5 Å². The molecule has 0 aliphatic carbocycles. The van der Waals surface area contributed by atoms with Crippen molar-refractivity contribution in [2.45, 2.75) is 33.4 Å². The highest BCUT2D eigenvalue weighted by atomic mass is 32.2. The zero-order chi connectivity index (χ0) is 42.9. The van der Waals surface area contributed by atoms with Gasteiger partial charge in [0, 0.05) is 10.8 Å². The first-order valence-corrected chi connectivity index (χ1v) is 21.5. The highest BCUT2D eigenvalue weighted by molar-refractivity contribution is 7.87. The van der Waals surface area contributed by atoms with Gasteiger partial charge in [0.1, 0.15) is 51.8 Å². The van der Waals surface area contributed by atoms with Crippen molar-refractivity contribution in [3.8, 4) is 22.6 Å². The third-order valence-electron chi connectivity index (χ3n) is 8.77. The normalized spacial score (nSPS) is 13.0. The summed E-state index contributed by atoms with van der Waals surface area (Å²) in [6.45, 7) is 3.38. The van der Waals surface area contributed by atoms with E-state index in [2.05, 4.69) is 20.5 Å². The SMILES string of the molecule is Cc1cc(-c2ccc(N=Nc3ccc4c(S(=O)(=O)[O-])cc(S(=O)(=O)[O-])c(N)c4c3O)c(C)c2)ccc1N=Nc1ccc2c(S(=O)(=O)[O-])cc(S(=O)(=O)[O-])c(N)c2c1O. The number of phenolic OH excluding ortho intramolecular Hbond substituents is 2. The van der Waals surface area contributed by atoms with Gasteiger partial charge in [0.2, 0.25) is 0 Å². The molecule has 0 fully saturated rings. The number of rotatable bonds is 9. The predicted molar refractivity (Wildman–Crippen MR) is 202 cm³/mol. The monoisotopic (exact) mass is 868 g/mol. The molecule has 0 amide bonds. The fourth-order valence-corrected chi connectivity index (χ4v) is 8.83. The van der Waals surface area contributed by atoms with Crippen LogP contribution < -0.4 is 11.5 Å². The molecule has 0 heterocycles. The van der Waals surface area contributed by atoms with Crippen LogP contribution in [0.25, 0.3) is 32.7 Å². The maximum atomic E-state index is 11.9. The molecule has 58 heavy (non-hydrogen) atoms. The number of anilines is 2. The Bertz CT molecular complexity index is 3080. The maximum absolute atomic E-state index is 11.9. The molecule has 6 aromatic carbocycles. The van der Waals surface area contributed by atoms with Crippen molar-refractivity contribution in [1.82, 2.24) is 0 Å². The van der Waals surface area contributed by atoms with E-state index in [0.29, 0.717) is 45.8 Å². The third-order valence-corrected chi connectivity index (χ3v) is 12.3. The van der Waals surface area contributed by atoms with Crippen LogP contribution in [0.1, 0.15) is 11.1 Å². The molecule has 6 N–H and O–H groups in total. The van der Waals surface area contributed by atoms with Crippen LogP contribution >= 0.6 is 0 Å². The molecule has 0 saturated heterocycles. The van der Waals surface area contributed by atoms with E-state index in [4.69, 9.17) is 11.5 Å². The molecular weight excluding hydrogens is 845 g/mol. The number of azo groups is 2. The molecule has 0 bridgehead atoms. The lowest BCUT2D eigenvalue weighted by Gasteiger charge is -2.18. The molecule has 0 atom stereocenters. The van der Waals surface area contributed by atoms with Gasteiger partial charge in [-0.1, -0.05) is 24.3 Å². The maximum Gasteiger partial charge on any atom is 0.153 e. The van der Waals surface area contributed by atoms with Crippen LogP contribution in [-0.2, 0) is 40.5 Å². The van der Waals surface area contributed by atoms with E-state index in [9.17, 15) is 62.1 Å². The Balaban J connectivity index is 1.30. The summed E-state index contributed by atoms with van der Waals surface area (Å²) in [5.41, 5.74) is 12.6. The molecule has 6 rings (SSSR count). The molecule has 0 aromatic heterocycles. The first kappa shape index (κ1) is 41.5. The van der Waals surface area contributed by atoms with Gasteiger partial charge in [0.25, 0.3) is 0 Å². The topological polar surface area (TPSA) is 371 Å². The fourth-order valence-electron chi connectivity index (χ4n) is 6.01. The highest BCUT2D eigenvalue weighted by Gasteiger charge is 2.23. The summed E-state index contributed by atoms with van der Waals surface area (Å²) in [6, 6.07) is 15.0. The Hall–Kier alpha value is -6.12. The van der Waals surface area contributed by atoms with Crippen LogP contribution in [0.2, 0.25) is 0 Å². The van der Waals surface area contributed by atoms with Gasteiger partial charge in [0.05, 0.1) is 53.1 Å². The molecule has 0 aliphatic rings. The Morgan fingerprint density at radius 3 is 1.03 bits per heavy atom. The quantitative estimate of drug-likeness (QED) is 0.0813. The number of fused-ring (bicyclic) bond motifs is 2. The van der Waals surface area contributed by atoms with Crippen LogP contribution in [0.15, 0.2) is 113 Å². The fraction of sp³-hybridized carbons (Fsp3) is 0.0588. The average Bonchev–Trinajstić information content (AvgIpc) is 3.09. The Kier molecular flexibility index (Phi) is 10.3. The summed E-state index contributed by atoms with van der Waals surface area (Å²) in [6.07, 6.45) is 0. The predicted octanol–water partition coefficient (Wildman–Crippen LogP) is 5.30. The van der Waals surface area contributed by atoms with Crippen molar-refractivity contribution in [3.63, 3.8) is 0 Å². The molecule has 6 aromatic rings. The number of aromatic hydroxyl groups is 2. The van der Waals surface area contributed by atoms with Crippen molar-refractivity contribution in [3.05, 3.63) is 83.9 Å². The van der Waals surface area contributed by atoms with E-state index < -0.39 is 104 Å². The molecule has 0 spiro atoms. The number of nitrogens with zero attached hydrogens (tertiary/aromatic N) is 4. The number of nitrogens with two attached hydrogens (primary N) is 2. The number of aryl methyl sites for hydroxylation is 2. The molecule has 0 saturated carbocycles. The van der Waals surface area contributed by atoms with Crippen molar-refractivity contribution in [2.24, 2.45) is 20.5 Å². The Morgan fingerprint density at radius 1 is 0.448 bits per heavy atom. The van der Waals surface area contributed by atoms with Crippen LogP contribution in [0, 0.1) is 13.8 Å². The van der Waals surface area contributed by atoms with Gasteiger partial charge >= 0.3 is 0 Å². The molecule has 0 unspecified atom stereocenters. The van der Waals surface area contributed by atoms with Gasteiger partial charge in [-0.05, 0) is 84.6 Å². The number of phenols is 2. The summed E-state index contributed by atoms with van der Waals surface area (Å²) in [5.74, 6) is -1.69.